The van der Waals surface area contributed by atoms with Crippen LogP contribution in [0.1, 0.15) is 38.7 Å². The number of hydrogen-bond donors (Lipinski definition) is 3. The molecular formula is C30H36ClF2N5O5. The van der Waals surface area contributed by atoms with Gasteiger partial charge in [0.1, 0.15) is 30.1 Å². The van der Waals surface area contributed by atoms with Gasteiger partial charge in [-0.25, -0.2) is 23.4 Å². The zero-order valence-electron chi connectivity index (χ0n) is 24.2. The number of anilines is 1. The first-order valence-corrected chi connectivity index (χ1v) is 14.2. The zero-order chi connectivity index (χ0) is 31.5. The number of nitrogens with two attached hydrogens (primary N) is 1. The van der Waals surface area contributed by atoms with Gasteiger partial charge in [-0.05, 0) is 66.5 Å². The van der Waals surface area contributed by atoms with E-state index in [1.807, 2.05) is 13.8 Å². The number of halogens is 3. The molecule has 2 atom stereocenters. The molecule has 0 aliphatic carbocycles. The Hall–Kier alpha value is -4.03. The molecule has 10 nitrogen and oxygen atoms in total. The number of aromatic nitrogens is 1. The molecule has 0 saturated carbocycles. The normalized spacial score (nSPS) is 12.5. The van der Waals surface area contributed by atoms with E-state index in [4.69, 9.17) is 26.8 Å². The first kappa shape index (κ1) is 33.5. The summed E-state index contributed by atoms with van der Waals surface area (Å²) in [6, 6.07) is 8.25. The minimum absolute atomic E-state index is 0.0197. The molecule has 0 unspecified atom stereocenters. The number of nitrogens with zero attached hydrogens (tertiary/aromatic N) is 2. The smallest absolute Gasteiger partial charge is 0.412 e. The highest BCUT2D eigenvalue weighted by Gasteiger charge is 2.23. The van der Waals surface area contributed by atoms with Gasteiger partial charge in [0.05, 0.1) is 17.7 Å². The van der Waals surface area contributed by atoms with Crippen molar-refractivity contribution in [3.8, 4) is 0 Å². The second kappa shape index (κ2) is 16.0. The van der Waals surface area contributed by atoms with E-state index in [0.717, 1.165) is 0 Å². The fraction of sp³-hybridized carbons (Fsp3) is 0.400. The van der Waals surface area contributed by atoms with Crippen molar-refractivity contribution in [3.05, 3.63) is 70.9 Å². The van der Waals surface area contributed by atoms with E-state index in [1.165, 1.54) is 48.5 Å². The Labute approximate surface area is 253 Å². The average molecular weight is 620 g/mol. The Bertz CT molecular complexity index is 1430. The van der Waals surface area contributed by atoms with Gasteiger partial charge < -0.3 is 25.4 Å². The number of carbonyl (C=O) groups is 3. The van der Waals surface area contributed by atoms with Crippen LogP contribution in [0.15, 0.2) is 48.7 Å². The summed E-state index contributed by atoms with van der Waals surface area (Å²) in [5.74, 6) is -1.39. The average Bonchev–Trinajstić information content (AvgIpc) is 2.97. The molecule has 0 spiro atoms. The molecule has 1 aromatic heterocycles. The number of fused-ring (bicyclic) bond motifs is 1. The molecular weight excluding hydrogens is 584 g/mol. The van der Waals surface area contributed by atoms with Crippen LogP contribution in [-0.2, 0) is 20.8 Å². The highest BCUT2D eigenvalue weighted by molar-refractivity contribution is 6.31. The van der Waals surface area contributed by atoms with Gasteiger partial charge in [-0.1, -0.05) is 37.6 Å². The molecule has 0 saturated heterocycles. The van der Waals surface area contributed by atoms with Gasteiger partial charge in [-0.3, -0.25) is 10.1 Å². The van der Waals surface area contributed by atoms with Crippen LogP contribution in [0.5, 0.6) is 0 Å². The van der Waals surface area contributed by atoms with E-state index in [9.17, 15) is 23.2 Å². The number of carbonyl (C=O) groups excluding carboxylic acids is 3. The van der Waals surface area contributed by atoms with Crippen molar-refractivity contribution in [2.75, 3.05) is 25.6 Å². The molecule has 3 amide bonds. The van der Waals surface area contributed by atoms with Gasteiger partial charge in [0.15, 0.2) is 0 Å². The molecule has 0 aliphatic rings. The van der Waals surface area contributed by atoms with Crippen LogP contribution < -0.4 is 16.4 Å². The van der Waals surface area contributed by atoms with Gasteiger partial charge in [0, 0.05) is 25.2 Å². The second-order valence-electron chi connectivity index (χ2n) is 10.4. The predicted molar refractivity (Wildman–Crippen MR) is 159 cm³/mol. The van der Waals surface area contributed by atoms with Gasteiger partial charge in [-0.2, -0.15) is 0 Å². The van der Waals surface area contributed by atoms with Crippen molar-refractivity contribution in [3.63, 3.8) is 0 Å². The van der Waals surface area contributed by atoms with E-state index in [-0.39, 0.29) is 36.5 Å². The number of rotatable bonds is 13. The highest BCUT2D eigenvalue weighted by Crippen LogP contribution is 2.20. The van der Waals surface area contributed by atoms with Crippen LogP contribution in [0, 0.1) is 17.6 Å². The Balaban J connectivity index is 1.59. The van der Waals surface area contributed by atoms with Gasteiger partial charge in [0.25, 0.3) is 0 Å². The first-order valence-electron chi connectivity index (χ1n) is 13.8. The van der Waals surface area contributed by atoms with Crippen LogP contribution in [0.25, 0.3) is 10.8 Å². The maximum atomic E-state index is 13.8. The summed E-state index contributed by atoms with van der Waals surface area (Å²) in [7, 11) is 1.54. The van der Waals surface area contributed by atoms with Crippen LogP contribution in [0.2, 0.25) is 5.02 Å². The number of hydrogen-bond acceptors (Lipinski definition) is 7. The Kier molecular flexibility index (Phi) is 12.4. The molecule has 3 aromatic rings. The molecule has 0 aliphatic heterocycles. The van der Waals surface area contributed by atoms with Crippen molar-refractivity contribution in [2.24, 2.45) is 11.7 Å². The Morgan fingerprint density at radius 1 is 1.07 bits per heavy atom. The third-order valence-corrected chi connectivity index (χ3v) is 7.24. The van der Waals surface area contributed by atoms with Crippen molar-refractivity contribution < 1.29 is 32.6 Å². The molecule has 43 heavy (non-hydrogen) atoms. The standard InChI is InChI=1S/C30H36ClF2N5O5/c1-18(2)27(34)28(39)42-12-5-4-8-23(38(3)29(40)36-16-20-7-6-9-24(33)26(20)31)17-43-30(41)37-25-14-21-13-22(32)11-10-19(21)15-35-25/h6-7,9-11,13-15,18,23,27H,4-5,8,12,16-17,34H2,1-3H3,(H,36,40)(H,35,37,41)/t23-,27+/m0/s1. The van der Waals surface area contributed by atoms with Gasteiger partial charge in [0.2, 0.25) is 0 Å². The van der Waals surface area contributed by atoms with Crippen LogP contribution in [-0.4, -0.2) is 60.3 Å². The molecule has 0 bridgehead atoms. The number of amides is 3. The van der Waals surface area contributed by atoms with Crippen LogP contribution in [0.4, 0.5) is 24.2 Å². The van der Waals surface area contributed by atoms with E-state index in [1.54, 1.807) is 12.1 Å². The van der Waals surface area contributed by atoms with Crippen molar-refractivity contribution in [2.45, 2.75) is 51.7 Å². The molecule has 0 radical (unpaired) electrons. The summed E-state index contributed by atoms with van der Waals surface area (Å²) in [6.45, 7) is 3.61. The molecule has 13 heteroatoms. The van der Waals surface area contributed by atoms with Crippen molar-refractivity contribution in [1.82, 2.24) is 15.2 Å². The molecule has 0 fully saturated rings. The largest absolute Gasteiger partial charge is 0.465 e. The van der Waals surface area contributed by atoms with E-state index in [0.29, 0.717) is 35.6 Å². The quantitative estimate of drug-likeness (QED) is 0.167. The lowest BCUT2D eigenvalue weighted by molar-refractivity contribution is -0.146. The molecule has 3 rings (SSSR count). The molecule has 232 valence electrons. The van der Waals surface area contributed by atoms with Gasteiger partial charge >= 0.3 is 18.1 Å². The Morgan fingerprint density at radius 2 is 1.84 bits per heavy atom. The lowest BCUT2D eigenvalue weighted by atomic mass is 10.1. The maximum Gasteiger partial charge on any atom is 0.412 e. The minimum Gasteiger partial charge on any atom is -0.465 e. The molecule has 1 heterocycles. The zero-order valence-corrected chi connectivity index (χ0v) is 25.0. The fourth-order valence-electron chi connectivity index (χ4n) is 4.05. The van der Waals surface area contributed by atoms with Crippen LogP contribution in [0.3, 0.4) is 0 Å². The predicted octanol–water partition coefficient (Wildman–Crippen LogP) is 5.62. The topological polar surface area (TPSA) is 136 Å². The second-order valence-corrected chi connectivity index (χ2v) is 10.7. The van der Waals surface area contributed by atoms with Crippen molar-refractivity contribution >= 4 is 46.3 Å². The van der Waals surface area contributed by atoms with Gasteiger partial charge in [-0.15, -0.1) is 0 Å². The SMILES string of the molecule is CC(C)[C@@H](N)C(=O)OCCCC[C@@H](COC(=O)Nc1cc2cc(F)ccc2cn1)N(C)C(=O)NCc1cccc(F)c1Cl. The number of urea groups is 1. The third-order valence-electron chi connectivity index (χ3n) is 6.82. The number of ether oxygens (including phenoxy) is 2. The lowest BCUT2D eigenvalue weighted by Crippen LogP contribution is -2.46. The number of benzene rings is 2. The number of likely N-dealkylation sites (N-methyl/N-ethyl adjacent to an activating group) is 1. The summed E-state index contributed by atoms with van der Waals surface area (Å²) in [5.41, 5.74) is 6.21. The molecule has 2 aromatic carbocycles. The highest BCUT2D eigenvalue weighted by atomic mass is 35.5. The Morgan fingerprint density at radius 3 is 2.58 bits per heavy atom. The number of pyridine rings is 1. The third kappa shape index (κ3) is 10.0. The fourth-order valence-corrected chi connectivity index (χ4v) is 4.24. The summed E-state index contributed by atoms with van der Waals surface area (Å²) >= 11 is 6.00. The van der Waals surface area contributed by atoms with E-state index in [2.05, 4.69) is 15.6 Å². The molecule has 4 N–H and O–H groups in total. The summed E-state index contributed by atoms with van der Waals surface area (Å²) in [5, 5.41) is 6.37. The summed E-state index contributed by atoms with van der Waals surface area (Å²) < 4.78 is 38.0. The number of nitrogens with one attached hydrogen (secondary N) is 2. The summed E-state index contributed by atoms with van der Waals surface area (Å²) in [4.78, 5) is 43.1. The van der Waals surface area contributed by atoms with E-state index >= 15 is 0 Å². The minimum atomic E-state index is -0.815. The van der Waals surface area contributed by atoms with Crippen molar-refractivity contribution in [1.29, 1.82) is 0 Å². The van der Waals surface area contributed by atoms with Crippen LogP contribution >= 0.6 is 11.6 Å². The number of esters is 1. The van der Waals surface area contributed by atoms with E-state index < -0.39 is 41.8 Å². The first-order chi connectivity index (χ1) is 20.5. The summed E-state index contributed by atoms with van der Waals surface area (Å²) in [6.07, 6.45) is 2.11. The number of unbranched alkanes of at least 4 members (excludes halogenated alkanes) is 1. The lowest BCUT2D eigenvalue weighted by Gasteiger charge is -2.28. The monoisotopic (exact) mass is 619 g/mol. The maximum absolute atomic E-state index is 13.8.